The number of nitrogens with zero attached hydrogens (tertiary/aromatic N) is 1. The Morgan fingerprint density at radius 3 is 2.56 bits per heavy atom. The van der Waals surface area contributed by atoms with Gasteiger partial charge in [0.2, 0.25) is 5.91 Å². The van der Waals surface area contributed by atoms with Crippen LogP contribution < -0.4 is 5.32 Å². The highest BCUT2D eigenvalue weighted by molar-refractivity contribution is 5.76. The van der Waals surface area contributed by atoms with Gasteiger partial charge in [0.15, 0.2) is 0 Å². The lowest BCUT2D eigenvalue weighted by Gasteiger charge is -2.17. The van der Waals surface area contributed by atoms with E-state index in [1.165, 1.54) is 30.3 Å². The molecule has 0 aliphatic carbocycles. The topological polar surface area (TPSA) is 52.6 Å². The molecular weight excluding hydrogens is 326 g/mol. The van der Waals surface area contributed by atoms with Gasteiger partial charge in [0.25, 0.3) is 0 Å². The van der Waals surface area contributed by atoms with E-state index >= 15 is 0 Å². The Morgan fingerprint density at radius 2 is 1.88 bits per heavy atom. The fraction of sp³-hybridized carbons (Fsp3) is 0.316. The standard InChI is InChI=1S/C19H22F2N2O2/c1-23(13-14-5-7-16(20)8-6-14)10-9-22-19(25)12-18(24)15-3-2-4-17(21)11-15/h2-8,11,18,24H,9-10,12-13H2,1H3,(H,22,25). The number of carbonyl (C=O) groups excluding carboxylic acids is 1. The van der Waals surface area contributed by atoms with Gasteiger partial charge in [-0.3, -0.25) is 4.79 Å². The number of amides is 1. The Morgan fingerprint density at radius 1 is 1.16 bits per heavy atom. The van der Waals surface area contributed by atoms with Crippen molar-refractivity contribution in [2.24, 2.45) is 0 Å². The maximum absolute atomic E-state index is 13.1. The number of nitrogens with one attached hydrogen (secondary N) is 1. The SMILES string of the molecule is CN(CCNC(=O)CC(O)c1cccc(F)c1)Cc1ccc(F)cc1. The molecule has 0 aliphatic rings. The summed E-state index contributed by atoms with van der Waals surface area (Å²) in [4.78, 5) is 13.9. The average molecular weight is 348 g/mol. The lowest BCUT2D eigenvalue weighted by Crippen LogP contribution is -2.33. The molecule has 1 unspecified atom stereocenters. The summed E-state index contributed by atoms with van der Waals surface area (Å²) in [5, 5.41) is 12.7. The number of likely N-dealkylation sites (N-methyl/N-ethyl adjacent to an activating group) is 1. The van der Waals surface area contributed by atoms with Gasteiger partial charge >= 0.3 is 0 Å². The zero-order valence-electron chi connectivity index (χ0n) is 14.1. The van der Waals surface area contributed by atoms with Crippen LogP contribution in [0.2, 0.25) is 0 Å². The van der Waals surface area contributed by atoms with Crippen LogP contribution in [-0.2, 0) is 11.3 Å². The molecular formula is C19H22F2N2O2. The Hall–Kier alpha value is -2.31. The summed E-state index contributed by atoms with van der Waals surface area (Å²) in [7, 11) is 1.90. The van der Waals surface area contributed by atoms with Crippen molar-refractivity contribution in [3.63, 3.8) is 0 Å². The van der Waals surface area contributed by atoms with E-state index in [1.54, 1.807) is 18.2 Å². The molecule has 0 spiro atoms. The van der Waals surface area contributed by atoms with E-state index in [4.69, 9.17) is 0 Å². The van der Waals surface area contributed by atoms with Crippen LogP contribution in [0.1, 0.15) is 23.7 Å². The predicted molar refractivity (Wildman–Crippen MR) is 91.7 cm³/mol. The summed E-state index contributed by atoms with van der Waals surface area (Å²) in [5.74, 6) is -1.01. The molecule has 2 rings (SSSR count). The van der Waals surface area contributed by atoms with E-state index in [0.29, 0.717) is 25.2 Å². The summed E-state index contributed by atoms with van der Waals surface area (Å²) >= 11 is 0. The molecule has 1 atom stereocenters. The minimum atomic E-state index is -1.03. The van der Waals surface area contributed by atoms with E-state index in [1.807, 2.05) is 11.9 Å². The van der Waals surface area contributed by atoms with E-state index in [-0.39, 0.29) is 18.1 Å². The molecule has 2 aromatic carbocycles. The van der Waals surface area contributed by atoms with Crippen LogP contribution in [0.15, 0.2) is 48.5 Å². The lowest BCUT2D eigenvalue weighted by atomic mass is 10.1. The van der Waals surface area contributed by atoms with Crippen LogP contribution in [0.25, 0.3) is 0 Å². The highest BCUT2D eigenvalue weighted by Gasteiger charge is 2.13. The number of aliphatic hydroxyl groups is 1. The third kappa shape index (κ3) is 6.60. The minimum Gasteiger partial charge on any atom is -0.388 e. The van der Waals surface area contributed by atoms with Crippen LogP contribution in [0, 0.1) is 11.6 Å². The van der Waals surface area contributed by atoms with Gasteiger partial charge in [-0.05, 0) is 42.4 Å². The number of carbonyl (C=O) groups is 1. The Bertz CT molecular complexity index is 692. The molecule has 4 nitrogen and oxygen atoms in total. The maximum atomic E-state index is 13.1. The fourth-order valence-electron chi connectivity index (χ4n) is 2.45. The number of hydrogen-bond acceptors (Lipinski definition) is 3. The number of aliphatic hydroxyl groups excluding tert-OH is 1. The van der Waals surface area contributed by atoms with Gasteiger partial charge in [-0.25, -0.2) is 8.78 Å². The molecule has 1 amide bonds. The van der Waals surface area contributed by atoms with Crippen LogP contribution in [-0.4, -0.2) is 36.1 Å². The van der Waals surface area contributed by atoms with Crippen molar-refractivity contribution >= 4 is 5.91 Å². The van der Waals surface area contributed by atoms with Crippen molar-refractivity contribution in [3.8, 4) is 0 Å². The average Bonchev–Trinajstić information content (AvgIpc) is 2.57. The van der Waals surface area contributed by atoms with Gasteiger partial charge in [0.1, 0.15) is 11.6 Å². The van der Waals surface area contributed by atoms with E-state index in [9.17, 15) is 18.7 Å². The summed E-state index contributed by atoms with van der Waals surface area (Å²) in [6.45, 7) is 1.67. The van der Waals surface area contributed by atoms with Crippen LogP contribution in [0.5, 0.6) is 0 Å². The zero-order valence-corrected chi connectivity index (χ0v) is 14.1. The number of benzene rings is 2. The summed E-state index contributed by atoms with van der Waals surface area (Å²) in [5.41, 5.74) is 1.36. The van der Waals surface area contributed by atoms with Crippen molar-refractivity contribution in [1.82, 2.24) is 10.2 Å². The Labute approximate surface area is 146 Å². The van der Waals surface area contributed by atoms with Crippen molar-refractivity contribution < 1.29 is 18.7 Å². The van der Waals surface area contributed by atoms with Crippen molar-refractivity contribution in [3.05, 3.63) is 71.3 Å². The molecule has 6 heteroatoms. The molecule has 0 fully saturated rings. The molecule has 0 saturated carbocycles. The summed E-state index contributed by atoms with van der Waals surface area (Å²) in [6, 6.07) is 11.9. The van der Waals surface area contributed by atoms with Crippen molar-refractivity contribution in [2.75, 3.05) is 20.1 Å². The predicted octanol–water partition coefficient (Wildman–Crippen LogP) is 2.64. The normalized spacial score (nSPS) is 12.2. The molecule has 0 heterocycles. The van der Waals surface area contributed by atoms with Crippen LogP contribution >= 0.6 is 0 Å². The Balaban J connectivity index is 1.70. The molecule has 0 saturated heterocycles. The quantitative estimate of drug-likeness (QED) is 0.771. The first-order valence-electron chi connectivity index (χ1n) is 8.07. The van der Waals surface area contributed by atoms with E-state index in [2.05, 4.69) is 5.32 Å². The smallest absolute Gasteiger partial charge is 0.223 e. The number of rotatable bonds is 8. The van der Waals surface area contributed by atoms with Gasteiger partial charge in [-0.2, -0.15) is 0 Å². The van der Waals surface area contributed by atoms with E-state index in [0.717, 1.165) is 5.56 Å². The third-order valence-electron chi connectivity index (χ3n) is 3.79. The first-order chi connectivity index (χ1) is 11.9. The van der Waals surface area contributed by atoms with Crippen LogP contribution in [0.4, 0.5) is 8.78 Å². The van der Waals surface area contributed by atoms with Gasteiger partial charge < -0.3 is 15.3 Å². The first kappa shape index (κ1) is 19.0. The third-order valence-corrected chi connectivity index (χ3v) is 3.79. The van der Waals surface area contributed by atoms with Gasteiger partial charge in [-0.15, -0.1) is 0 Å². The van der Waals surface area contributed by atoms with Gasteiger partial charge in [0.05, 0.1) is 12.5 Å². The second-order valence-corrected chi connectivity index (χ2v) is 5.99. The summed E-state index contributed by atoms with van der Waals surface area (Å²) < 4.78 is 26.0. The fourth-order valence-corrected chi connectivity index (χ4v) is 2.45. The molecule has 0 bridgehead atoms. The van der Waals surface area contributed by atoms with Gasteiger partial charge in [-0.1, -0.05) is 24.3 Å². The summed E-state index contributed by atoms with van der Waals surface area (Å²) in [6.07, 6.45) is -1.15. The van der Waals surface area contributed by atoms with Crippen molar-refractivity contribution in [2.45, 2.75) is 19.1 Å². The Kier molecular flexibility index (Phi) is 7.03. The highest BCUT2D eigenvalue weighted by atomic mass is 19.1. The minimum absolute atomic E-state index is 0.120. The molecule has 0 aromatic heterocycles. The zero-order chi connectivity index (χ0) is 18.2. The molecule has 0 radical (unpaired) electrons. The van der Waals surface area contributed by atoms with Crippen LogP contribution in [0.3, 0.4) is 0 Å². The second-order valence-electron chi connectivity index (χ2n) is 5.99. The number of halogens is 2. The molecule has 2 N–H and O–H groups in total. The van der Waals surface area contributed by atoms with Crippen molar-refractivity contribution in [1.29, 1.82) is 0 Å². The monoisotopic (exact) mass is 348 g/mol. The van der Waals surface area contributed by atoms with Gasteiger partial charge in [0, 0.05) is 19.6 Å². The molecule has 25 heavy (non-hydrogen) atoms. The molecule has 2 aromatic rings. The molecule has 0 aliphatic heterocycles. The second kappa shape index (κ2) is 9.25. The van der Waals surface area contributed by atoms with E-state index < -0.39 is 11.9 Å². The lowest BCUT2D eigenvalue weighted by molar-refractivity contribution is -0.123. The number of hydrogen-bond donors (Lipinski definition) is 2. The highest BCUT2D eigenvalue weighted by Crippen LogP contribution is 2.17. The molecule has 134 valence electrons. The first-order valence-corrected chi connectivity index (χ1v) is 8.07. The largest absolute Gasteiger partial charge is 0.388 e. The maximum Gasteiger partial charge on any atom is 0.223 e.